The van der Waals surface area contributed by atoms with Gasteiger partial charge in [0.05, 0.1) is 11.3 Å². The van der Waals surface area contributed by atoms with Crippen molar-refractivity contribution in [3.05, 3.63) is 40.3 Å². The number of nitrogens with one attached hydrogen (secondary N) is 1. The van der Waals surface area contributed by atoms with Gasteiger partial charge in [-0.1, -0.05) is 30.0 Å². The van der Waals surface area contributed by atoms with Gasteiger partial charge < -0.3 is 9.72 Å². The van der Waals surface area contributed by atoms with Crippen molar-refractivity contribution in [3.8, 4) is 6.07 Å². The van der Waals surface area contributed by atoms with Gasteiger partial charge in [-0.25, -0.2) is 4.79 Å². The first-order valence-electron chi connectivity index (χ1n) is 5.72. The van der Waals surface area contributed by atoms with Crippen LogP contribution < -0.4 is 0 Å². The fourth-order valence-corrected chi connectivity index (χ4v) is 3.47. The summed E-state index contributed by atoms with van der Waals surface area (Å²) in [6.45, 7) is 0. The molecule has 0 amide bonds. The third-order valence-corrected chi connectivity index (χ3v) is 4.92. The lowest BCUT2D eigenvalue weighted by atomic mass is 10.2. The molecule has 0 aliphatic carbocycles. The number of nitriles is 1. The van der Waals surface area contributed by atoms with E-state index in [0.29, 0.717) is 4.24 Å². The Bertz CT molecular complexity index is 713. The van der Waals surface area contributed by atoms with Gasteiger partial charge in [-0.2, -0.15) is 5.26 Å². The number of hydrogen-bond acceptors (Lipinski definition) is 5. The highest BCUT2D eigenvalue weighted by Gasteiger charge is 2.17. The second-order valence-electron chi connectivity index (χ2n) is 3.77. The Labute approximate surface area is 125 Å². The number of rotatable bonds is 4. The van der Waals surface area contributed by atoms with Gasteiger partial charge in [0.15, 0.2) is 5.57 Å². The molecular formula is C14H12N2O2S2. The molecular weight excluding hydrogens is 292 g/mol. The van der Waals surface area contributed by atoms with Crippen LogP contribution in [-0.2, 0) is 9.53 Å². The Morgan fingerprint density at radius 3 is 2.80 bits per heavy atom. The SMILES string of the molecule is COC(=O)/C(C#N)=C(\SC)Sc1c[nH]c2ccccc12. The number of carbonyl (C=O) groups is 1. The molecule has 1 aromatic carbocycles. The minimum absolute atomic E-state index is 0.0373. The Morgan fingerprint density at radius 1 is 1.40 bits per heavy atom. The van der Waals surface area contributed by atoms with E-state index in [1.807, 2.05) is 42.8 Å². The van der Waals surface area contributed by atoms with Gasteiger partial charge in [0.2, 0.25) is 0 Å². The summed E-state index contributed by atoms with van der Waals surface area (Å²) in [5.41, 5.74) is 1.06. The minimum atomic E-state index is -0.607. The number of ether oxygens (including phenoxy) is 1. The van der Waals surface area contributed by atoms with Crippen LogP contribution in [0.1, 0.15) is 0 Å². The Hall–Kier alpha value is -1.84. The van der Waals surface area contributed by atoms with Crippen LogP contribution in [0, 0.1) is 11.3 Å². The van der Waals surface area contributed by atoms with Gasteiger partial charge in [-0.05, 0) is 12.3 Å². The molecule has 0 atom stereocenters. The fraction of sp³-hybridized carbons (Fsp3) is 0.143. The molecule has 0 aliphatic rings. The maximum Gasteiger partial charge on any atom is 0.350 e. The molecule has 0 radical (unpaired) electrons. The van der Waals surface area contributed by atoms with Crippen molar-refractivity contribution in [3.63, 3.8) is 0 Å². The number of methoxy groups -OCH3 is 1. The van der Waals surface area contributed by atoms with E-state index in [9.17, 15) is 4.79 Å². The minimum Gasteiger partial charge on any atom is -0.465 e. The number of aromatic amines is 1. The lowest BCUT2D eigenvalue weighted by Crippen LogP contribution is -2.04. The lowest BCUT2D eigenvalue weighted by Gasteiger charge is -2.05. The molecule has 0 spiro atoms. The Balaban J connectivity index is 2.42. The highest BCUT2D eigenvalue weighted by Crippen LogP contribution is 2.39. The van der Waals surface area contributed by atoms with Gasteiger partial charge in [0.1, 0.15) is 6.07 Å². The molecule has 0 saturated heterocycles. The van der Waals surface area contributed by atoms with Crippen LogP contribution in [0.5, 0.6) is 0 Å². The molecule has 2 aromatic rings. The molecule has 1 N–H and O–H groups in total. The summed E-state index contributed by atoms with van der Waals surface area (Å²) in [7, 11) is 1.27. The van der Waals surface area contributed by atoms with Crippen LogP contribution in [-0.4, -0.2) is 24.3 Å². The van der Waals surface area contributed by atoms with E-state index in [1.165, 1.54) is 30.6 Å². The zero-order valence-electron chi connectivity index (χ0n) is 11.0. The number of benzene rings is 1. The van der Waals surface area contributed by atoms with Gasteiger partial charge in [0.25, 0.3) is 0 Å². The van der Waals surface area contributed by atoms with Crippen LogP contribution in [0.3, 0.4) is 0 Å². The van der Waals surface area contributed by atoms with Crippen LogP contribution >= 0.6 is 23.5 Å². The van der Waals surface area contributed by atoms with Crippen LogP contribution in [0.4, 0.5) is 0 Å². The first-order chi connectivity index (χ1) is 9.71. The van der Waals surface area contributed by atoms with Crippen LogP contribution in [0.2, 0.25) is 0 Å². The van der Waals surface area contributed by atoms with Crippen molar-refractivity contribution in [1.29, 1.82) is 5.26 Å². The number of para-hydroxylation sites is 1. The largest absolute Gasteiger partial charge is 0.465 e. The average Bonchev–Trinajstić information content (AvgIpc) is 2.89. The standard InChI is InChI=1S/C14H12N2O2S2/c1-18-13(17)10(7-15)14(19-2)20-12-8-16-11-6-4-3-5-9(11)12/h3-6,8,16H,1-2H3/b14-10+. The quantitative estimate of drug-likeness (QED) is 0.405. The molecule has 102 valence electrons. The first-order valence-corrected chi connectivity index (χ1v) is 7.76. The van der Waals surface area contributed by atoms with E-state index in [1.54, 1.807) is 0 Å². The van der Waals surface area contributed by atoms with Crippen molar-refractivity contribution >= 4 is 40.4 Å². The maximum absolute atomic E-state index is 11.6. The highest BCUT2D eigenvalue weighted by molar-refractivity contribution is 8.22. The number of fused-ring (bicyclic) bond motifs is 1. The van der Waals surface area contributed by atoms with Crippen molar-refractivity contribution in [2.45, 2.75) is 4.90 Å². The van der Waals surface area contributed by atoms with Crippen molar-refractivity contribution in [1.82, 2.24) is 4.98 Å². The van der Waals surface area contributed by atoms with E-state index in [4.69, 9.17) is 5.26 Å². The molecule has 6 heteroatoms. The van der Waals surface area contributed by atoms with E-state index in [0.717, 1.165) is 15.8 Å². The molecule has 0 bridgehead atoms. The summed E-state index contributed by atoms with van der Waals surface area (Å²) in [4.78, 5) is 15.7. The first kappa shape index (κ1) is 14.6. The summed E-state index contributed by atoms with van der Waals surface area (Å²) >= 11 is 2.75. The molecule has 1 aromatic heterocycles. The predicted octanol–water partition coefficient (Wildman–Crippen LogP) is 3.53. The summed E-state index contributed by atoms with van der Waals surface area (Å²) in [5.74, 6) is -0.607. The molecule has 4 nitrogen and oxygen atoms in total. The molecule has 0 aliphatic heterocycles. The van der Waals surface area contributed by atoms with Crippen LogP contribution in [0.25, 0.3) is 10.9 Å². The van der Waals surface area contributed by atoms with Crippen LogP contribution in [0.15, 0.2) is 45.2 Å². The number of hydrogen-bond donors (Lipinski definition) is 1. The number of aromatic nitrogens is 1. The van der Waals surface area contributed by atoms with Crippen molar-refractivity contribution < 1.29 is 9.53 Å². The Morgan fingerprint density at radius 2 is 2.15 bits per heavy atom. The molecule has 0 saturated carbocycles. The summed E-state index contributed by atoms with van der Waals surface area (Å²) in [5, 5.41) is 10.2. The zero-order valence-corrected chi connectivity index (χ0v) is 12.6. The maximum atomic E-state index is 11.6. The normalized spacial score (nSPS) is 11.8. The summed E-state index contributed by atoms with van der Waals surface area (Å²) < 4.78 is 5.27. The van der Waals surface area contributed by atoms with Gasteiger partial charge in [-0.15, -0.1) is 11.8 Å². The van der Waals surface area contributed by atoms with E-state index in [2.05, 4.69) is 9.72 Å². The number of esters is 1. The van der Waals surface area contributed by atoms with Gasteiger partial charge >= 0.3 is 5.97 Å². The van der Waals surface area contributed by atoms with E-state index >= 15 is 0 Å². The second-order valence-corrected chi connectivity index (χ2v) is 5.90. The van der Waals surface area contributed by atoms with E-state index < -0.39 is 5.97 Å². The molecule has 0 fully saturated rings. The number of carbonyl (C=O) groups excluding carboxylic acids is 1. The van der Waals surface area contributed by atoms with Crippen molar-refractivity contribution in [2.75, 3.05) is 13.4 Å². The molecule has 0 unspecified atom stereocenters. The smallest absolute Gasteiger partial charge is 0.350 e. The van der Waals surface area contributed by atoms with E-state index in [-0.39, 0.29) is 5.57 Å². The average molecular weight is 304 g/mol. The predicted molar refractivity (Wildman–Crippen MR) is 82.3 cm³/mol. The molecule has 20 heavy (non-hydrogen) atoms. The second kappa shape index (κ2) is 6.55. The van der Waals surface area contributed by atoms with Crippen molar-refractivity contribution in [2.24, 2.45) is 0 Å². The summed E-state index contributed by atoms with van der Waals surface area (Å²) in [6.07, 6.45) is 3.70. The molecule has 1 heterocycles. The number of H-pyrrole nitrogens is 1. The number of thioether (sulfide) groups is 2. The monoisotopic (exact) mass is 304 g/mol. The topological polar surface area (TPSA) is 65.9 Å². The Kier molecular flexibility index (Phi) is 4.77. The van der Waals surface area contributed by atoms with Gasteiger partial charge in [0, 0.05) is 22.0 Å². The highest BCUT2D eigenvalue weighted by atomic mass is 32.2. The summed E-state index contributed by atoms with van der Waals surface area (Å²) in [6, 6.07) is 9.80. The third-order valence-electron chi connectivity index (χ3n) is 2.64. The third kappa shape index (κ3) is 2.84. The molecule has 2 rings (SSSR count). The fourth-order valence-electron chi connectivity index (χ4n) is 1.70. The van der Waals surface area contributed by atoms with Gasteiger partial charge in [-0.3, -0.25) is 0 Å². The zero-order chi connectivity index (χ0) is 14.5. The number of nitrogens with zero attached hydrogens (tertiary/aromatic N) is 1. The lowest BCUT2D eigenvalue weighted by molar-refractivity contribution is -0.135.